The van der Waals surface area contributed by atoms with E-state index in [2.05, 4.69) is 6.07 Å². The molecule has 8 heteroatoms. The average molecular weight is 383 g/mol. The van der Waals surface area contributed by atoms with Crippen LogP contribution in [0.4, 0.5) is 10.1 Å². The van der Waals surface area contributed by atoms with Crippen LogP contribution in [-0.4, -0.2) is 37.2 Å². The van der Waals surface area contributed by atoms with Crippen LogP contribution in [0.5, 0.6) is 0 Å². The summed E-state index contributed by atoms with van der Waals surface area (Å²) in [6, 6.07) is 4.88. The van der Waals surface area contributed by atoms with Crippen molar-refractivity contribution in [3.63, 3.8) is 0 Å². The Hall–Kier alpha value is -3.34. The third-order valence-electron chi connectivity index (χ3n) is 4.87. The number of hydrogen-bond donors (Lipinski definition) is 4. The van der Waals surface area contributed by atoms with Crippen LogP contribution >= 0.6 is 0 Å². The topological polar surface area (TPSA) is 130 Å². The zero-order chi connectivity index (χ0) is 20.8. The van der Waals surface area contributed by atoms with E-state index in [4.69, 9.17) is 22.3 Å². The molecule has 28 heavy (non-hydrogen) atoms. The second-order valence-electron chi connectivity index (χ2n) is 6.83. The van der Waals surface area contributed by atoms with Crippen molar-refractivity contribution in [3.05, 3.63) is 47.0 Å². The van der Waals surface area contributed by atoms with Crippen LogP contribution in [-0.2, 0) is 0 Å². The molecule has 0 aliphatic carbocycles. The van der Waals surface area contributed by atoms with Crippen LogP contribution in [0.15, 0.2) is 30.1 Å². The smallest absolute Gasteiger partial charge is 0.133 e. The van der Waals surface area contributed by atoms with Crippen LogP contribution in [0, 0.1) is 33.9 Å². The van der Waals surface area contributed by atoms with Gasteiger partial charge in [-0.1, -0.05) is 0 Å². The molecule has 1 heterocycles. The van der Waals surface area contributed by atoms with Crippen LogP contribution in [0.25, 0.3) is 5.57 Å². The molecular weight excluding hydrogens is 357 g/mol. The van der Waals surface area contributed by atoms with Crippen molar-refractivity contribution in [1.82, 2.24) is 4.90 Å². The Labute approximate surface area is 164 Å². The summed E-state index contributed by atoms with van der Waals surface area (Å²) in [6.45, 7) is 2.81. The summed E-state index contributed by atoms with van der Waals surface area (Å²) in [5, 5.41) is 25.1. The molecule has 1 fully saturated rings. The van der Waals surface area contributed by atoms with Crippen LogP contribution in [0.3, 0.4) is 0 Å². The first kappa shape index (κ1) is 21.0. The highest BCUT2D eigenvalue weighted by Crippen LogP contribution is 2.36. The first-order chi connectivity index (χ1) is 13.3. The number of anilines is 1. The standard InChI is InChI=1S/C20H26FN7/c1-13(25)9-16(11-23)18-17(21)4-3-15(10-22)19(18)28-7-5-14(6-8-28)20(26)27(2)12-24/h3-4,9,11-12,14,24,26H,5-8,23,25H2,1-2H3/b13-9-,16-11+,24-12?,26-20?. The van der Waals surface area contributed by atoms with E-state index in [1.165, 1.54) is 23.2 Å². The van der Waals surface area contributed by atoms with Crippen molar-refractivity contribution < 1.29 is 4.39 Å². The monoisotopic (exact) mass is 383 g/mol. The average Bonchev–Trinajstić information content (AvgIpc) is 2.70. The highest BCUT2D eigenvalue weighted by atomic mass is 19.1. The fraction of sp³-hybridized carbons (Fsp3) is 0.350. The van der Waals surface area contributed by atoms with Gasteiger partial charge in [0.05, 0.1) is 17.6 Å². The summed E-state index contributed by atoms with van der Waals surface area (Å²) in [4.78, 5) is 3.45. The van der Waals surface area contributed by atoms with E-state index in [9.17, 15) is 9.65 Å². The van der Waals surface area contributed by atoms with E-state index in [1.54, 1.807) is 20.0 Å². The number of amidine groups is 1. The molecular formula is C20H26FN7. The molecule has 0 unspecified atom stereocenters. The van der Waals surface area contributed by atoms with Crippen molar-refractivity contribution in [2.45, 2.75) is 19.8 Å². The van der Waals surface area contributed by atoms with Crippen LogP contribution in [0.1, 0.15) is 30.9 Å². The van der Waals surface area contributed by atoms with Gasteiger partial charge in [-0.15, -0.1) is 0 Å². The molecule has 6 N–H and O–H groups in total. The molecule has 0 radical (unpaired) electrons. The Kier molecular flexibility index (Phi) is 6.77. The number of nitriles is 1. The molecule has 1 aromatic rings. The van der Waals surface area contributed by atoms with Gasteiger partial charge in [0.15, 0.2) is 0 Å². The van der Waals surface area contributed by atoms with Gasteiger partial charge in [-0.25, -0.2) is 4.39 Å². The number of halogens is 1. The molecule has 2 rings (SSSR count). The molecule has 0 bridgehead atoms. The van der Waals surface area contributed by atoms with E-state index >= 15 is 0 Å². The van der Waals surface area contributed by atoms with Gasteiger partial charge < -0.3 is 21.3 Å². The van der Waals surface area contributed by atoms with Crippen molar-refractivity contribution in [2.75, 3.05) is 25.0 Å². The van der Waals surface area contributed by atoms with Gasteiger partial charge >= 0.3 is 0 Å². The molecule has 0 atom stereocenters. The Bertz CT molecular complexity index is 854. The predicted molar refractivity (Wildman–Crippen MR) is 110 cm³/mol. The Balaban J connectivity index is 2.42. The number of nitrogens with one attached hydrogen (secondary N) is 2. The fourth-order valence-electron chi connectivity index (χ4n) is 3.44. The van der Waals surface area contributed by atoms with Gasteiger partial charge in [0.1, 0.15) is 17.7 Å². The van der Waals surface area contributed by atoms with Crippen molar-refractivity contribution >= 4 is 23.4 Å². The quantitative estimate of drug-likeness (QED) is 0.353. The van der Waals surface area contributed by atoms with Gasteiger partial charge in [-0.3, -0.25) is 10.8 Å². The molecule has 1 saturated heterocycles. The molecule has 1 aromatic carbocycles. The Morgan fingerprint density at radius 1 is 1.39 bits per heavy atom. The summed E-state index contributed by atoms with van der Waals surface area (Å²) >= 11 is 0. The third kappa shape index (κ3) is 4.31. The van der Waals surface area contributed by atoms with Gasteiger partial charge in [0.2, 0.25) is 0 Å². The fourth-order valence-corrected chi connectivity index (χ4v) is 3.44. The molecule has 148 valence electrons. The van der Waals surface area contributed by atoms with Gasteiger partial charge in [-0.2, -0.15) is 5.26 Å². The summed E-state index contributed by atoms with van der Waals surface area (Å²) < 4.78 is 14.8. The molecule has 1 aliphatic heterocycles. The van der Waals surface area contributed by atoms with Gasteiger partial charge in [-0.05, 0) is 38.0 Å². The second-order valence-corrected chi connectivity index (χ2v) is 6.83. The van der Waals surface area contributed by atoms with E-state index in [-0.39, 0.29) is 11.5 Å². The number of piperidine rings is 1. The summed E-state index contributed by atoms with van der Waals surface area (Å²) in [5.74, 6) is -0.0680. The highest BCUT2D eigenvalue weighted by Gasteiger charge is 2.28. The molecule has 0 spiro atoms. The lowest BCUT2D eigenvalue weighted by atomic mass is 9.92. The van der Waals surface area contributed by atoms with E-state index in [0.29, 0.717) is 54.3 Å². The third-order valence-corrected chi connectivity index (χ3v) is 4.87. The van der Waals surface area contributed by atoms with Crippen LogP contribution in [0.2, 0.25) is 0 Å². The molecule has 7 nitrogen and oxygen atoms in total. The molecule has 0 amide bonds. The van der Waals surface area contributed by atoms with E-state index < -0.39 is 5.82 Å². The first-order valence-corrected chi connectivity index (χ1v) is 8.99. The number of nitrogens with two attached hydrogens (primary N) is 2. The number of benzene rings is 1. The Morgan fingerprint density at radius 2 is 2.04 bits per heavy atom. The van der Waals surface area contributed by atoms with Gasteiger partial charge in [0, 0.05) is 49.1 Å². The number of rotatable bonds is 5. The number of hydrogen-bond acceptors (Lipinski definition) is 6. The zero-order valence-electron chi connectivity index (χ0n) is 16.2. The largest absolute Gasteiger partial charge is 0.404 e. The maximum atomic E-state index is 14.8. The van der Waals surface area contributed by atoms with Crippen molar-refractivity contribution in [1.29, 1.82) is 16.1 Å². The summed E-state index contributed by atoms with van der Waals surface area (Å²) in [6.07, 6.45) is 5.34. The zero-order valence-corrected chi connectivity index (χ0v) is 16.2. The lowest BCUT2D eigenvalue weighted by molar-refractivity contribution is 0.472. The summed E-state index contributed by atoms with van der Waals surface area (Å²) in [7, 11) is 1.68. The lowest BCUT2D eigenvalue weighted by Gasteiger charge is -2.36. The molecule has 0 saturated carbocycles. The Morgan fingerprint density at radius 3 is 2.54 bits per heavy atom. The molecule has 0 aromatic heterocycles. The van der Waals surface area contributed by atoms with E-state index in [0.717, 1.165) is 6.34 Å². The normalized spacial score (nSPS) is 15.9. The second kappa shape index (κ2) is 9.04. The minimum absolute atomic E-state index is 0.0149. The van der Waals surface area contributed by atoms with Crippen molar-refractivity contribution in [3.8, 4) is 6.07 Å². The van der Waals surface area contributed by atoms with Crippen LogP contribution < -0.4 is 16.4 Å². The maximum Gasteiger partial charge on any atom is 0.133 e. The summed E-state index contributed by atoms with van der Waals surface area (Å²) in [5.41, 5.74) is 13.5. The van der Waals surface area contributed by atoms with E-state index in [1.807, 2.05) is 4.90 Å². The number of allylic oxidation sites excluding steroid dienone is 3. The number of nitrogens with zero attached hydrogens (tertiary/aromatic N) is 3. The minimum Gasteiger partial charge on any atom is -0.404 e. The lowest BCUT2D eigenvalue weighted by Crippen LogP contribution is -2.41. The van der Waals surface area contributed by atoms with Crippen molar-refractivity contribution in [2.24, 2.45) is 17.4 Å². The SMILES string of the molecule is C/C(N)=C/C(=C\N)c1c(F)ccc(C#N)c1N1CCC(C(=N)N(C)C=N)CC1. The predicted octanol–water partition coefficient (Wildman–Crippen LogP) is 2.59. The first-order valence-electron chi connectivity index (χ1n) is 8.99. The molecule has 1 aliphatic rings. The maximum absolute atomic E-state index is 14.8. The highest BCUT2D eigenvalue weighted by molar-refractivity contribution is 5.91. The minimum atomic E-state index is -0.471. The van der Waals surface area contributed by atoms with Gasteiger partial charge in [0.25, 0.3) is 0 Å².